The molecule has 2 atom stereocenters. The van der Waals surface area contributed by atoms with E-state index >= 15 is 0 Å². The smallest absolute Gasteiger partial charge is 0.103 e. The molecule has 1 heterocycles. The zero-order chi connectivity index (χ0) is 13.0. The summed E-state index contributed by atoms with van der Waals surface area (Å²) in [7, 11) is 5.50. The standard InChI is InChI=1S/C13H18N4O/c1-14-12(11-9-15-16-17(11)2)13(18-3)10-7-5-4-6-8-10/h4-9,12-14H,1-3H3. The van der Waals surface area contributed by atoms with Gasteiger partial charge in [0.2, 0.25) is 0 Å². The molecule has 1 N–H and O–H groups in total. The molecule has 2 aromatic rings. The molecule has 18 heavy (non-hydrogen) atoms. The van der Waals surface area contributed by atoms with Gasteiger partial charge in [0.1, 0.15) is 6.10 Å². The highest BCUT2D eigenvalue weighted by atomic mass is 16.5. The summed E-state index contributed by atoms with van der Waals surface area (Å²) >= 11 is 0. The fourth-order valence-corrected chi connectivity index (χ4v) is 2.14. The van der Waals surface area contributed by atoms with E-state index in [1.807, 2.05) is 32.3 Å². The van der Waals surface area contributed by atoms with Gasteiger partial charge in [0.25, 0.3) is 0 Å². The van der Waals surface area contributed by atoms with Crippen LogP contribution < -0.4 is 5.32 Å². The quantitative estimate of drug-likeness (QED) is 0.868. The Balaban J connectivity index is 2.34. The zero-order valence-corrected chi connectivity index (χ0v) is 10.9. The van der Waals surface area contributed by atoms with E-state index in [1.54, 1.807) is 18.0 Å². The van der Waals surface area contributed by atoms with Crippen molar-refractivity contribution in [2.75, 3.05) is 14.2 Å². The third-order valence-electron chi connectivity index (χ3n) is 3.06. The minimum absolute atomic E-state index is 0.0115. The molecule has 0 saturated heterocycles. The second-order valence-corrected chi connectivity index (χ2v) is 4.12. The molecule has 0 aliphatic heterocycles. The molecule has 0 spiro atoms. The fraction of sp³-hybridized carbons (Fsp3) is 0.385. The summed E-state index contributed by atoms with van der Waals surface area (Å²) in [6.45, 7) is 0. The normalized spacial score (nSPS) is 14.4. The molecular formula is C13H18N4O. The Morgan fingerprint density at radius 3 is 2.50 bits per heavy atom. The van der Waals surface area contributed by atoms with Crippen LogP contribution in [0.3, 0.4) is 0 Å². The average molecular weight is 246 g/mol. The lowest BCUT2D eigenvalue weighted by Crippen LogP contribution is -2.27. The van der Waals surface area contributed by atoms with E-state index in [-0.39, 0.29) is 12.1 Å². The van der Waals surface area contributed by atoms with Crippen molar-refractivity contribution < 1.29 is 4.74 Å². The van der Waals surface area contributed by atoms with Crippen LogP contribution in [-0.2, 0) is 11.8 Å². The lowest BCUT2D eigenvalue weighted by molar-refractivity contribution is 0.0676. The third kappa shape index (κ3) is 2.42. The maximum atomic E-state index is 5.64. The first-order chi connectivity index (χ1) is 8.77. The highest BCUT2D eigenvalue weighted by molar-refractivity contribution is 5.22. The first-order valence-electron chi connectivity index (χ1n) is 5.87. The monoisotopic (exact) mass is 246 g/mol. The number of hydrogen-bond donors (Lipinski definition) is 1. The highest BCUT2D eigenvalue weighted by Gasteiger charge is 2.25. The molecule has 96 valence electrons. The molecule has 0 aliphatic carbocycles. The summed E-state index contributed by atoms with van der Waals surface area (Å²) in [5.74, 6) is 0. The van der Waals surface area contributed by atoms with Crippen molar-refractivity contribution in [2.45, 2.75) is 12.1 Å². The van der Waals surface area contributed by atoms with Crippen LogP contribution in [0.2, 0.25) is 0 Å². The van der Waals surface area contributed by atoms with Crippen LogP contribution in [0.15, 0.2) is 36.5 Å². The second-order valence-electron chi connectivity index (χ2n) is 4.12. The van der Waals surface area contributed by atoms with E-state index < -0.39 is 0 Å². The van der Waals surface area contributed by atoms with Gasteiger partial charge in [-0.25, -0.2) is 0 Å². The topological polar surface area (TPSA) is 52.0 Å². The van der Waals surface area contributed by atoms with Crippen LogP contribution in [0, 0.1) is 0 Å². The van der Waals surface area contributed by atoms with Crippen molar-refractivity contribution in [1.82, 2.24) is 20.3 Å². The summed E-state index contributed by atoms with van der Waals surface area (Å²) < 4.78 is 7.40. The minimum Gasteiger partial charge on any atom is -0.375 e. The van der Waals surface area contributed by atoms with Gasteiger partial charge in [-0.1, -0.05) is 35.5 Å². The molecule has 2 rings (SSSR count). The van der Waals surface area contributed by atoms with Gasteiger partial charge < -0.3 is 10.1 Å². The lowest BCUT2D eigenvalue weighted by Gasteiger charge is -2.25. The van der Waals surface area contributed by atoms with Gasteiger partial charge in [-0.05, 0) is 12.6 Å². The molecule has 0 bridgehead atoms. The first-order valence-corrected chi connectivity index (χ1v) is 5.87. The number of aryl methyl sites for hydroxylation is 1. The Hall–Kier alpha value is -1.72. The Kier molecular flexibility index (Phi) is 4.07. The fourth-order valence-electron chi connectivity index (χ4n) is 2.14. The van der Waals surface area contributed by atoms with Crippen LogP contribution in [0.1, 0.15) is 23.4 Å². The highest BCUT2D eigenvalue weighted by Crippen LogP contribution is 2.30. The molecule has 0 aliphatic rings. The first kappa shape index (κ1) is 12.7. The number of methoxy groups -OCH3 is 1. The minimum atomic E-state index is -0.0756. The second kappa shape index (κ2) is 5.75. The van der Waals surface area contributed by atoms with Gasteiger partial charge >= 0.3 is 0 Å². The van der Waals surface area contributed by atoms with Crippen LogP contribution in [0.25, 0.3) is 0 Å². The van der Waals surface area contributed by atoms with Gasteiger partial charge in [0.15, 0.2) is 0 Å². The number of ether oxygens (including phenoxy) is 1. The number of hydrogen-bond acceptors (Lipinski definition) is 4. The van der Waals surface area contributed by atoms with E-state index in [0.717, 1.165) is 11.3 Å². The van der Waals surface area contributed by atoms with E-state index in [1.165, 1.54) is 0 Å². The van der Waals surface area contributed by atoms with Crippen LogP contribution >= 0.6 is 0 Å². The number of likely N-dealkylation sites (N-methyl/N-ethyl adjacent to an activating group) is 1. The number of rotatable bonds is 5. The third-order valence-corrected chi connectivity index (χ3v) is 3.06. The summed E-state index contributed by atoms with van der Waals surface area (Å²) in [4.78, 5) is 0. The van der Waals surface area contributed by atoms with Crippen molar-refractivity contribution >= 4 is 0 Å². The molecule has 0 radical (unpaired) electrons. The average Bonchev–Trinajstić information content (AvgIpc) is 2.83. The van der Waals surface area contributed by atoms with Gasteiger partial charge in [0.05, 0.1) is 17.9 Å². The number of benzene rings is 1. The molecule has 5 nitrogen and oxygen atoms in total. The van der Waals surface area contributed by atoms with Crippen molar-refractivity contribution in [3.63, 3.8) is 0 Å². The van der Waals surface area contributed by atoms with Crippen LogP contribution in [0.4, 0.5) is 0 Å². The van der Waals surface area contributed by atoms with E-state index in [2.05, 4.69) is 27.8 Å². The van der Waals surface area contributed by atoms with Crippen LogP contribution in [-0.4, -0.2) is 29.2 Å². The predicted molar refractivity (Wildman–Crippen MR) is 69.0 cm³/mol. The molecular weight excluding hydrogens is 228 g/mol. The van der Waals surface area contributed by atoms with E-state index in [0.29, 0.717) is 0 Å². The summed E-state index contributed by atoms with van der Waals surface area (Å²) in [6.07, 6.45) is 1.68. The van der Waals surface area contributed by atoms with Gasteiger partial charge in [-0.2, -0.15) is 0 Å². The predicted octanol–water partition coefficient (Wildman–Crippen LogP) is 1.46. The molecule has 0 amide bonds. The van der Waals surface area contributed by atoms with Crippen molar-refractivity contribution in [3.8, 4) is 0 Å². The molecule has 0 fully saturated rings. The summed E-state index contributed by atoms with van der Waals surface area (Å²) in [5.41, 5.74) is 2.12. The van der Waals surface area contributed by atoms with Gasteiger partial charge in [-0.3, -0.25) is 4.68 Å². The molecule has 2 unspecified atom stereocenters. The van der Waals surface area contributed by atoms with Crippen molar-refractivity contribution in [3.05, 3.63) is 47.8 Å². The number of nitrogens with zero attached hydrogens (tertiary/aromatic N) is 3. The van der Waals surface area contributed by atoms with E-state index in [9.17, 15) is 0 Å². The van der Waals surface area contributed by atoms with Gasteiger partial charge in [0, 0.05) is 14.2 Å². The van der Waals surface area contributed by atoms with Crippen molar-refractivity contribution in [1.29, 1.82) is 0 Å². The SMILES string of the molecule is CNC(c1cnnn1C)C(OC)c1ccccc1. The lowest BCUT2D eigenvalue weighted by atomic mass is 10.00. The molecule has 0 saturated carbocycles. The Labute approximate surface area is 107 Å². The van der Waals surface area contributed by atoms with Crippen LogP contribution in [0.5, 0.6) is 0 Å². The maximum Gasteiger partial charge on any atom is 0.103 e. The Morgan fingerprint density at radius 1 is 1.28 bits per heavy atom. The maximum absolute atomic E-state index is 5.64. The molecule has 1 aromatic heterocycles. The zero-order valence-electron chi connectivity index (χ0n) is 10.9. The summed E-state index contributed by atoms with van der Waals surface area (Å²) in [5, 5.41) is 11.2. The Morgan fingerprint density at radius 2 is 2.00 bits per heavy atom. The largest absolute Gasteiger partial charge is 0.375 e. The van der Waals surface area contributed by atoms with E-state index in [4.69, 9.17) is 4.74 Å². The molecule has 1 aromatic carbocycles. The Bertz CT molecular complexity index is 483. The van der Waals surface area contributed by atoms with Crippen molar-refractivity contribution in [2.24, 2.45) is 7.05 Å². The number of nitrogens with one attached hydrogen (secondary N) is 1. The molecule has 5 heteroatoms. The van der Waals surface area contributed by atoms with Gasteiger partial charge in [-0.15, -0.1) is 5.10 Å². The summed E-state index contributed by atoms with van der Waals surface area (Å²) in [6, 6.07) is 10.1. The number of aromatic nitrogens is 3.